The summed E-state index contributed by atoms with van der Waals surface area (Å²) in [4.78, 5) is 12.0. The molecule has 1 aromatic carbocycles. The molecule has 0 bridgehead atoms. The van der Waals surface area contributed by atoms with Crippen molar-refractivity contribution in [3.63, 3.8) is 0 Å². The van der Waals surface area contributed by atoms with Gasteiger partial charge in [-0.3, -0.25) is 4.79 Å². The highest BCUT2D eigenvalue weighted by Crippen LogP contribution is 2.48. The Bertz CT molecular complexity index is 702. The standard InChI is InChI=1S/C20H23NO2/c22-20(13-6-7-13)21-17-11-16(17)14-4-1-3-12-8-9-18-15(19(12)14)5-2-10-23-18/h1,3-4,13,16-17H,2,5-11H2,(H,21,22). The zero-order chi connectivity index (χ0) is 15.4. The van der Waals surface area contributed by atoms with E-state index in [2.05, 4.69) is 23.5 Å². The molecule has 120 valence electrons. The number of rotatable bonds is 3. The van der Waals surface area contributed by atoms with Crippen LogP contribution in [0.5, 0.6) is 0 Å². The molecule has 1 aromatic rings. The summed E-state index contributed by atoms with van der Waals surface area (Å²) >= 11 is 0. The molecule has 3 aliphatic carbocycles. The molecule has 0 saturated heterocycles. The minimum atomic E-state index is 0.281. The Morgan fingerprint density at radius 3 is 2.96 bits per heavy atom. The van der Waals surface area contributed by atoms with E-state index in [1.807, 2.05) is 0 Å². The first-order valence-corrected chi connectivity index (χ1v) is 9.08. The number of carbonyl (C=O) groups excluding carboxylic acids is 1. The number of benzene rings is 1. The molecule has 2 atom stereocenters. The summed E-state index contributed by atoms with van der Waals surface area (Å²) in [5.74, 6) is 2.32. The van der Waals surface area contributed by atoms with Crippen molar-refractivity contribution in [2.75, 3.05) is 6.61 Å². The Balaban J connectivity index is 1.44. The molecule has 2 saturated carbocycles. The Hall–Kier alpha value is -1.77. The molecule has 2 unspecified atom stereocenters. The van der Waals surface area contributed by atoms with Crippen LogP contribution in [0, 0.1) is 5.92 Å². The summed E-state index contributed by atoms with van der Waals surface area (Å²) in [6.45, 7) is 0.875. The number of amides is 1. The van der Waals surface area contributed by atoms with E-state index in [0.717, 1.165) is 51.6 Å². The molecule has 0 spiro atoms. The first kappa shape index (κ1) is 13.6. The second-order valence-electron chi connectivity index (χ2n) is 7.47. The molecule has 2 fully saturated rings. The molecular weight excluding hydrogens is 286 g/mol. The van der Waals surface area contributed by atoms with Crippen molar-refractivity contribution in [1.82, 2.24) is 5.32 Å². The third-order valence-electron chi connectivity index (χ3n) is 5.76. The Kier molecular flexibility index (Phi) is 3.04. The molecule has 0 aromatic heterocycles. The van der Waals surface area contributed by atoms with Crippen LogP contribution in [0.2, 0.25) is 0 Å². The number of allylic oxidation sites excluding steroid dienone is 2. The van der Waals surface area contributed by atoms with Gasteiger partial charge in [0.15, 0.2) is 0 Å². The van der Waals surface area contributed by atoms with Gasteiger partial charge in [0.25, 0.3) is 0 Å². The van der Waals surface area contributed by atoms with E-state index in [1.165, 1.54) is 28.0 Å². The molecule has 4 aliphatic rings. The zero-order valence-electron chi connectivity index (χ0n) is 13.4. The predicted molar refractivity (Wildman–Crippen MR) is 88.9 cm³/mol. The van der Waals surface area contributed by atoms with Crippen molar-refractivity contribution >= 4 is 11.5 Å². The van der Waals surface area contributed by atoms with Crippen molar-refractivity contribution in [3.8, 4) is 0 Å². The van der Waals surface area contributed by atoms with Gasteiger partial charge in [-0.1, -0.05) is 18.2 Å². The van der Waals surface area contributed by atoms with Gasteiger partial charge in [-0.15, -0.1) is 0 Å². The Morgan fingerprint density at radius 2 is 2.09 bits per heavy atom. The highest BCUT2D eigenvalue weighted by atomic mass is 16.5. The van der Waals surface area contributed by atoms with Crippen molar-refractivity contribution in [2.24, 2.45) is 5.92 Å². The normalized spacial score (nSPS) is 28.5. The van der Waals surface area contributed by atoms with Gasteiger partial charge in [0.2, 0.25) is 5.91 Å². The van der Waals surface area contributed by atoms with Gasteiger partial charge in [0.1, 0.15) is 5.76 Å². The van der Waals surface area contributed by atoms with Crippen molar-refractivity contribution in [2.45, 2.75) is 56.9 Å². The zero-order valence-corrected chi connectivity index (χ0v) is 13.4. The van der Waals surface area contributed by atoms with E-state index >= 15 is 0 Å². The van der Waals surface area contributed by atoms with Crippen LogP contribution < -0.4 is 5.32 Å². The third kappa shape index (κ3) is 2.37. The number of carbonyl (C=O) groups is 1. The maximum atomic E-state index is 12.0. The number of hydrogen-bond donors (Lipinski definition) is 1. The van der Waals surface area contributed by atoms with E-state index in [0.29, 0.717) is 17.9 Å². The van der Waals surface area contributed by atoms with Gasteiger partial charge < -0.3 is 10.1 Å². The molecule has 1 heterocycles. The quantitative estimate of drug-likeness (QED) is 0.927. The van der Waals surface area contributed by atoms with Crippen molar-refractivity contribution in [1.29, 1.82) is 0 Å². The Labute approximate surface area is 137 Å². The monoisotopic (exact) mass is 309 g/mol. The van der Waals surface area contributed by atoms with Crippen LogP contribution in [0.1, 0.15) is 61.1 Å². The highest BCUT2D eigenvalue weighted by molar-refractivity contribution is 5.82. The van der Waals surface area contributed by atoms with Gasteiger partial charge in [0, 0.05) is 24.3 Å². The number of nitrogens with one attached hydrogen (secondary N) is 1. The molecule has 3 nitrogen and oxygen atoms in total. The first-order valence-electron chi connectivity index (χ1n) is 9.08. The van der Waals surface area contributed by atoms with Crippen molar-refractivity contribution in [3.05, 3.63) is 40.6 Å². The first-order chi connectivity index (χ1) is 11.3. The van der Waals surface area contributed by atoms with E-state index in [9.17, 15) is 4.79 Å². The number of fused-ring (bicyclic) bond motifs is 2. The molecule has 3 heteroatoms. The van der Waals surface area contributed by atoms with E-state index < -0.39 is 0 Å². The van der Waals surface area contributed by atoms with Gasteiger partial charge in [-0.05, 0) is 60.8 Å². The Morgan fingerprint density at radius 1 is 1.17 bits per heavy atom. The van der Waals surface area contributed by atoms with Crippen LogP contribution in [-0.4, -0.2) is 18.6 Å². The summed E-state index contributed by atoms with van der Waals surface area (Å²) in [6, 6.07) is 7.10. The second-order valence-corrected chi connectivity index (χ2v) is 7.47. The maximum absolute atomic E-state index is 12.0. The largest absolute Gasteiger partial charge is 0.498 e. The van der Waals surface area contributed by atoms with Gasteiger partial charge in [-0.2, -0.15) is 0 Å². The molecule has 23 heavy (non-hydrogen) atoms. The summed E-state index contributed by atoms with van der Waals surface area (Å²) in [5, 5.41) is 3.26. The topological polar surface area (TPSA) is 38.3 Å². The number of ether oxygens (including phenoxy) is 1. The molecule has 1 N–H and O–H groups in total. The average Bonchev–Trinajstić information content (AvgIpc) is 3.48. The minimum absolute atomic E-state index is 0.281. The van der Waals surface area contributed by atoms with Gasteiger partial charge in [0.05, 0.1) is 6.61 Å². The molecule has 5 rings (SSSR count). The molecule has 1 amide bonds. The van der Waals surface area contributed by atoms with Crippen LogP contribution in [0.15, 0.2) is 24.0 Å². The van der Waals surface area contributed by atoms with E-state index in [1.54, 1.807) is 0 Å². The lowest BCUT2D eigenvalue weighted by molar-refractivity contribution is -0.122. The molecule has 0 radical (unpaired) electrons. The minimum Gasteiger partial charge on any atom is -0.498 e. The third-order valence-corrected chi connectivity index (χ3v) is 5.76. The van der Waals surface area contributed by atoms with Crippen LogP contribution in [0.3, 0.4) is 0 Å². The van der Waals surface area contributed by atoms with Crippen LogP contribution in [0.4, 0.5) is 0 Å². The van der Waals surface area contributed by atoms with Gasteiger partial charge in [-0.25, -0.2) is 0 Å². The molecular formula is C20H23NO2. The fourth-order valence-electron chi connectivity index (χ4n) is 4.26. The summed E-state index contributed by atoms with van der Waals surface area (Å²) in [7, 11) is 0. The maximum Gasteiger partial charge on any atom is 0.223 e. The van der Waals surface area contributed by atoms with Crippen LogP contribution in [-0.2, 0) is 16.0 Å². The van der Waals surface area contributed by atoms with Crippen LogP contribution >= 0.6 is 0 Å². The second kappa shape index (κ2) is 5.12. The lowest BCUT2D eigenvalue weighted by Crippen LogP contribution is -2.28. The smallest absolute Gasteiger partial charge is 0.223 e. The average molecular weight is 309 g/mol. The summed E-state index contributed by atoms with van der Waals surface area (Å²) in [5.41, 5.74) is 5.83. The lowest BCUT2D eigenvalue weighted by atomic mass is 9.82. The SMILES string of the molecule is O=C(NC1CC1c1cccc2c1C1=C(CC2)OCCC1)C1CC1. The van der Waals surface area contributed by atoms with Crippen molar-refractivity contribution < 1.29 is 9.53 Å². The lowest BCUT2D eigenvalue weighted by Gasteiger charge is -2.29. The summed E-state index contributed by atoms with van der Waals surface area (Å²) < 4.78 is 5.93. The summed E-state index contributed by atoms with van der Waals surface area (Å²) in [6.07, 6.45) is 7.67. The predicted octanol–water partition coefficient (Wildman–Crippen LogP) is 3.54. The number of hydrogen-bond acceptors (Lipinski definition) is 2. The molecule has 1 aliphatic heterocycles. The van der Waals surface area contributed by atoms with E-state index in [4.69, 9.17) is 4.74 Å². The highest BCUT2D eigenvalue weighted by Gasteiger charge is 2.44. The fourth-order valence-corrected chi connectivity index (χ4v) is 4.26. The van der Waals surface area contributed by atoms with Crippen LogP contribution in [0.25, 0.3) is 5.57 Å². The fraction of sp³-hybridized carbons (Fsp3) is 0.550. The number of aryl methyl sites for hydroxylation is 1. The van der Waals surface area contributed by atoms with Gasteiger partial charge >= 0.3 is 0 Å². The van der Waals surface area contributed by atoms with E-state index in [-0.39, 0.29) is 5.91 Å².